The summed E-state index contributed by atoms with van der Waals surface area (Å²) in [7, 11) is -1.68. The van der Waals surface area contributed by atoms with Crippen molar-refractivity contribution in [1.29, 1.82) is 0 Å². The molecule has 216 valence electrons. The lowest BCUT2D eigenvalue weighted by molar-refractivity contribution is -0.122. The van der Waals surface area contributed by atoms with Crippen molar-refractivity contribution >= 4 is 46.9 Å². The number of allylic oxidation sites excluding steroid dienone is 2. The number of benzene rings is 3. The molecule has 0 aromatic heterocycles. The fourth-order valence-electron chi connectivity index (χ4n) is 7.21. The second kappa shape index (κ2) is 11.5. The fraction of sp³-hybridized carbons (Fsp3) is 0.353. The van der Waals surface area contributed by atoms with Gasteiger partial charge in [-0.3, -0.25) is 14.5 Å². The van der Waals surface area contributed by atoms with E-state index < -0.39 is 19.0 Å². The minimum absolute atomic E-state index is 0.0952. The van der Waals surface area contributed by atoms with Crippen LogP contribution >= 0.6 is 0 Å². The van der Waals surface area contributed by atoms with Gasteiger partial charge in [-0.05, 0) is 72.3 Å². The number of carbonyl (C=O) groups is 2. The van der Waals surface area contributed by atoms with Crippen LogP contribution in [0.4, 0.5) is 5.69 Å². The van der Waals surface area contributed by atoms with Crippen molar-refractivity contribution in [2.24, 2.45) is 17.8 Å². The third kappa shape index (κ3) is 4.87. The van der Waals surface area contributed by atoms with Crippen molar-refractivity contribution in [1.82, 2.24) is 0 Å². The van der Waals surface area contributed by atoms with Crippen molar-refractivity contribution in [3.63, 3.8) is 0 Å². The van der Waals surface area contributed by atoms with E-state index >= 15 is 0 Å². The van der Waals surface area contributed by atoms with Gasteiger partial charge in [0.25, 0.3) is 0 Å². The highest BCUT2D eigenvalue weighted by molar-refractivity contribution is 6.58. The number of amides is 2. The number of hydrogen-bond acceptors (Lipinski definition) is 6. The predicted molar refractivity (Wildman–Crippen MR) is 164 cm³/mol. The van der Waals surface area contributed by atoms with E-state index in [2.05, 4.69) is 19.9 Å². The van der Waals surface area contributed by atoms with E-state index in [0.29, 0.717) is 18.7 Å². The van der Waals surface area contributed by atoms with Gasteiger partial charge in [0.05, 0.1) is 30.2 Å². The minimum atomic E-state index is -1.68. The molecule has 3 aliphatic rings. The van der Waals surface area contributed by atoms with E-state index in [9.17, 15) is 24.7 Å². The van der Waals surface area contributed by atoms with Gasteiger partial charge >= 0.3 is 7.12 Å². The number of hydrogen-bond donors (Lipinski definition) is 3. The Balaban J connectivity index is 1.24. The Morgan fingerprint density at radius 1 is 1.00 bits per heavy atom. The number of phenols is 1. The lowest BCUT2D eigenvalue weighted by Crippen LogP contribution is -2.35. The van der Waals surface area contributed by atoms with Crippen LogP contribution in [0.25, 0.3) is 16.8 Å². The topological polar surface area (TPSA) is 107 Å². The number of nitrogens with zero attached hydrogens (tertiary/aromatic N) is 1. The molecule has 2 saturated heterocycles. The summed E-state index contributed by atoms with van der Waals surface area (Å²) in [6.45, 7) is 4.67. The average Bonchev–Trinajstić information content (AvgIpc) is 3.54. The number of rotatable bonds is 8. The maximum absolute atomic E-state index is 13.8. The molecule has 0 bridgehead atoms. The van der Waals surface area contributed by atoms with Gasteiger partial charge in [-0.2, -0.15) is 0 Å². The lowest BCUT2D eigenvalue weighted by atomic mass is 9.69. The Hall–Kier alpha value is -3.72. The molecular formula is C34H36BNO6. The Morgan fingerprint density at radius 3 is 2.52 bits per heavy atom. The van der Waals surface area contributed by atoms with Gasteiger partial charge in [-0.15, -0.1) is 0 Å². The molecule has 2 fully saturated rings. The molecule has 7 nitrogen and oxygen atoms in total. The van der Waals surface area contributed by atoms with Crippen molar-refractivity contribution in [3.8, 4) is 5.75 Å². The van der Waals surface area contributed by atoms with Gasteiger partial charge in [0.1, 0.15) is 5.75 Å². The van der Waals surface area contributed by atoms with Gasteiger partial charge in [0.2, 0.25) is 11.8 Å². The zero-order chi connectivity index (χ0) is 29.5. The van der Waals surface area contributed by atoms with Gasteiger partial charge in [0.15, 0.2) is 0 Å². The molecule has 42 heavy (non-hydrogen) atoms. The normalized spacial score (nSPS) is 24.0. The highest BCUT2D eigenvalue weighted by atomic mass is 16.5. The van der Waals surface area contributed by atoms with Gasteiger partial charge in [-0.25, -0.2) is 0 Å². The first-order valence-corrected chi connectivity index (χ1v) is 14.9. The van der Waals surface area contributed by atoms with E-state index in [4.69, 9.17) is 4.74 Å². The van der Waals surface area contributed by atoms with Crippen molar-refractivity contribution in [3.05, 3.63) is 82.9 Å². The van der Waals surface area contributed by atoms with E-state index in [0.717, 1.165) is 42.0 Å². The Bertz CT molecular complexity index is 1610. The molecule has 1 aliphatic carbocycles. The predicted octanol–water partition coefficient (Wildman–Crippen LogP) is 4.73. The first-order chi connectivity index (χ1) is 20.3. The summed E-state index contributed by atoms with van der Waals surface area (Å²) in [5, 5.41) is 31.4. The molecule has 8 heteroatoms. The van der Waals surface area contributed by atoms with Crippen LogP contribution < -0.4 is 10.4 Å². The number of ether oxygens (including phenoxy) is 1. The molecule has 2 amide bonds. The van der Waals surface area contributed by atoms with E-state index in [1.807, 2.05) is 30.3 Å². The Labute approximate surface area is 246 Å². The molecule has 0 radical (unpaired) electrons. The summed E-state index contributed by atoms with van der Waals surface area (Å²) in [6.07, 6.45) is 6.00. The highest BCUT2D eigenvalue weighted by Gasteiger charge is 2.57. The minimum Gasteiger partial charge on any atom is -0.507 e. The third-order valence-corrected chi connectivity index (χ3v) is 9.34. The van der Waals surface area contributed by atoms with Crippen LogP contribution in [0.1, 0.15) is 51.5 Å². The van der Waals surface area contributed by atoms with E-state index in [1.165, 1.54) is 27.7 Å². The fourth-order valence-corrected chi connectivity index (χ4v) is 7.21. The Kier molecular flexibility index (Phi) is 7.79. The maximum atomic E-state index is 13.8. The Morgan fingerprint density at radius 2 is 1.79 bits per heavy atom. The highest BCUT2D eigenvalue weighted by Crippen LogP contribution is 2.51. The van der Waals surface area contributed by atoms with Crippen LogP contribution in [0, 0.1) is 17.8 Å². The maximum Gasteiger partial charge on any atom is 0.488 e. The van der Waals surface area contributed by atoms with Gasteiger partial charge < -0.3 is 19.9 Å². The molecule has 0 saturated carbocycles. The molecule has 6 rings (SSSR count). The number of phenolic OH excluding ortho intramolecular Hbond substituents is 1. The largest absolute Gasteiger partial charge is 0.507 e. The molecular weight excluding hydrogens is 529 g/mol. The summed E-state index contributed by atoms with van der Waals surface area (Å²) in [4.78, 5) is 28.6. The molecule has 0 spiro atoms. The molecule has 2 heterocycles. The zero-order valence-corrected chi connectivity index (χ0v) is 24.0. The molecule has 4 atom stereocenters. The second-order valence-corrected chi connectivity index (χ2v) is 11.6. The molecule has 2 aliphatic heterocycles. The van der Waals surface area contributed by atoms with Crippen LogP contribution in [0.5, 0.6) is 5.75 Å². The summed E-state index contributed by atoms with van der Waals surface area (Å²) in [5.74, 6) is -1.21. The van der Waals surface area contributed by atoms with Crippen LogP contribution in [0.2, 0.25) is 0 Å². The number of aromatic hydroxyl groups is 1. The zero-order valence-electron chi connectivity index (χ0n) is 24.0. The number of anilines is 1. The summed E-state index contributed by atoms with van der Waals surface area (Å²) in [5.41, 5.74) is 5.39. The molecule has 0 unspecified atom stereocenters. The molecule has 3 N–H and O–H groups in total. The van der Waals surface area contributed by atoms with E-state index in [-0.39, 0.29) is 35.0 Å². The summed E-state index contributed by atoms with van der Waals surface area (Å²) in [6, 6.07) is 17.9. The van der Waals surface area contributed by atoms with Crippen LogP contribution in [0.3, 0.4) is 0 Å². The third-order valence-electron chi connectivity index (χ3n) is 9.34. The SMILES string of the molecule is CCC1=C2[C@@H](CC/C(=C/c3ccc(O)c4ccccc34)CC)OC[C@@H]2[C@@H]2C(=O)N(c3cccc(B(O)O)c3)C(=O)[C@@H]2C1. The second-order valence-electron chi connectivity index (χ2n) is 11.6. The van der Waals surface area contributed by atoms with Crippen molar-refractivity contribution < 1.29 is 29.5 Å². The summed E-state index contributed by atoms with van der Waals surface area (Å²) < 4.78 is 6.38. The smallest absolute Gasteiger partial charge is 0.488 e. The van der Waals surface area contributed by atoms with Crippen molar-refractivity contribution in [2.75, 3.05) is 11.5 Å². The number of imide groups is 1. The number of fused-ring (bicyclic) bond motifs is 4. The van der Waals surface area contributed by atoms with Gasteiger partial charge in [0, 0.05) is 11.3 Å². The average molecular weight is 565 g/mol. The number of carbonyl (C=O) groups excluding carboxylic acids is 2. The van der Waals surface area contributed by atoms with Crippen LogP contribution in [0.15, 0.2) is 77.4 Å². The standard InChI is InChI=1S/C34H36BNO6/c1-3-20(16-22-13-14-29(37)26-11-6-5-10-25(22)26)12-15-30-31-21(4-2)17-27-32(28(31)19-42-30)34(39)36(33(27)38)24-9-7-8-23(18-24)35(40)41/h5-11,13-14,16,18,27-28,30,32,37,40-41H,3-4,12,15,17,19H2,1-2H3/b20-16+/t27-,28+,30-,32-/m1/s1. The van der Waals surface area contributed by atoms with Crippen molar-refractivity contribution in [2.45, 2.75) is 52.1 Å². The molecule has 3 aromatic rings. The van der Waals surface area contributed by atoms with Crippen LogP contribution in [-0.2, 0) is 14.3 Å². The lowest BCUT2D eigenvalue weighted by Gasteiger charge is -2.31. The van der Waals surface area contributed by atoms with Gasteiger partial charge in [-0.1, -0.05) is 73.5 Å². The quantitative estimate of drug-likeness (QED) is 0.207. The first-order valence-electron chi connectivity index (χ1n) is 14.9. The van der Waals surface area contributed by atoms with E-state index in [1.54, 1.807) is 24.3 Å². The van der Waals surface area contributed by atoms with Crippen LogP contribution in [-0.4, -0.2) is 46.8 Å². The monoisotopic (exact) mass is 565 g/mol. The molecule has 3 aromatic carbocycles. The first kappa shape index (κ1) is 28.4. The summed E-state index contributed by atoms with van der Waals surface area (Å²) >= 11 is 0.